The number of piperidine rings is 1. The maximum atomic E-state index is 13.2. The molecule has 1 aliphatic heterocycles. The van der Waals surface area contributed by atoms with Gasteiger partial charge in [-0.05, 0) is 43.4 Å². The number of halogens is 1. The van der Waals surface area contributed by atoms with Gasteiger partial charge in [0.05, 0.1) is 11.9 Å². The second kappa shape index (κ2) is 7.85. The monoisotopic (exact) mass is 373 g/mol. The van der Waals surface area contributed by atoms with E-state index in [1.165, 1.54) is 23.5 Å². The Bertz CT molecular complexity index is 795. The zero-order valence-electron chi connectivity index (χ0n) is 15.6. The molecule has 1 aliphatic carbocycles. The van der Waals surface area contributed by atoms with E-state index in [0.29, 0.717) is 0 Å². The molecular weight excluding hydrogens is 349 g/mol. The van der Waals surface area contributed by atoms with Crippen molar-refractivity contribution in [1.82, 2.24) is 15.0 Å². The Labute approximate surface area is 157 Å². The summed E-state index contributed by atoms with van der Waals surface area (Å²) in [5.41, 5.74) is 2.54. The molecule has 4 rings (SSSR count). The lowest BCUT2D eigenvalue weighted by molar-refractivity contribution is -0.122. The zero-order valence-corrected chi connectivity index (χ0v) is 15.6. The highest BCUT2D eigenvalue weighted by Crippen LogP contribution is 2.44. The number of carbonyl (C=O) groups is 1. The van der Waals surface area contributed by atoms with E-state index < -0.39 is 0 Å². The molecule has 0 radical (unpaired) electrons. The summed E-state index contributed by atoms with van der Waals surface area (Å²) in [4.78, 5) is 26.2. The largest absolute Gasteiger partial charge is 0.483 e. The van der Waals surface area contributed by atoms with Gasteiger partial charge in [0, 0.05) is 38.8 Å². The fourth-order valence-electron chi connectivity index (χ4n) is 4.03. The molecular formula is C19H24FN5O2. The SMILES string of the molecule is CN(C)c1ncc2c(n1)C1(CCCN(c3ccc(F)cn3)C1)CC2.O=CO. The number of nitrogens with zero attached hydrogens (tertiary/aromatic N) is 5. The van der Waals surface area contributed by atoms with Crippen molar-refractivity contribution in [3.8, 4) is 0 Å². The van der Waals surface area contributed by atoms with Crippen LogP contribution in [0.2, 0.25) is 0 Å². The highest BCUT2D eigenvalue weighted by Gasteiger charge is 2.44. The van der Waals surface area contributed by atoms with Crippen LogP contribution in [0.25, 0.3) is 0 Å². The van der Waals surface area contributed by atoms with Crippen LogP contribution in [0.5, 0.6) is 0 Å². The normalized spacial score (nSPS) is 20.6. The van der Waals surface area contributed by atoms with E-state index in [1.807, 2.05) is 25.2 Å². The van der Waals surface area contributed by atoms with E-state index in [-0.39, 0.29) is 17.7 Å². The summed E-state index contributed by atoms with van der Waals surface area (Å²) in [6, 6.07) is 3.26. The van der Waals surface area contributed by atoms with Crippen LogP contribution in [0.4, 0.5) is 16.2 Å². The van der Waals surface area contributed by atoms with E-state index in [2.05, 4.69) is 14.9 Å². The van der Waals surface area contributed by atoms with Gasteiger partial charge >= 0.3 is 0 Å². The van der Waals surface area contributed by atoms with E-state index in [1.54, 1.807) is 6.07 Å². The molecule has 2 aromatic rings. The zero-order chi connectivity index (χ0) is 19.4. The Morgan fingerprint density at radius 2 is 2.04 bits per heavy atom. The van der Waals surface area contributed by atoms with Crippen molar-refractivity contribution in [2.24, 2.45) is 0 Å². The first-order valence-corrected chi connectivity index (χ1v) is 8.97. The van der Waals surface area contributed by atoms with Gasteiger partial charge in [-0.1, -0.05) is 0 Å². The van der Waals surface area contributed by atoms with Gasteiger partial charge < -0.3 is 14.9 Å². The van der Waals surface area contributed by atoms with Crippen LogP contribution in [0.15, 0.2) is 24.5 Å². The number of aromatic nitrogens is 3. The Morgan fingerprint density at radius 1 is 1.26 bits per heavy atom. The maximum absolute atomic E-state index is 13.2. The number of anilines is 2. The molecule has 1 unspecified atom stereocenters. The van der Waals surface area contributed by atoms with E-state index in [0.717, 1.165) is 50.5 Å². The minimum Gasteiger partial charge on any atom is -0.483 e. The first kappa shape index (κ1) is 19.0. The molecule has 3 heterocycles. The summed E-state index contributed by atoms with van der Waals surface area (Å²) < 4.78 is 13.2. The molecule has 0 saturated carbocycles. The quantitative estimate of drug-likeness (QED) is 0.809. The Kier molecular flexibility index (Phi) is 5.53. The van der Waals surface area contributed by atoms with Gasteiger partial charge in [-0.25, -0.2) is 19.3 Å². The van der Waals surface area contributed by atoms with Crippen molar-refractivity contribution in [2.75, 3.05) is 37.0 Å². The molecule has 0 amide bonds. The fraction of sp³-hybridized carbons (Fsp3) is 0.474. The van der Waals surface area contributed by atoms with E-state index >= 15 is 0 Å². The number of hydrogen-bond acceptors (Lipinski definition) is 6. The van der Waals surface area contributed by atoms with Gasteiger partial charge in [0.25, 0.3) is 6.47 Å². The summed E-state index contributed by atoms with van der Waals surface area (Å²) in [6.45, 7) is 1.60. The van der Waals surface area contributed by atoms with Crippen molar-refractivity contribution in [1.29, 1.82) is 0 Å². The minimum absolute atomic E-state index is 0.0668. The van der Waals surface area contributed by atoms with Gasteiger partial charge in [0.1, 0.15) is 11.6 Å². The maximum Gasteiger partial charge on any atom is 0.290 e. The molecule has 0 bridgehead atoms. The standard InChI is InChI=1S/C18H22FN5.CH2O2/c1-23(2)17-21-10-13-6-8-18(16(13)22-17)7-3-9-24(12-18)15-5-4-14(19)11-20-15;2-1-3/h4-5,10-11H,3,6-9,12H2,1-2H3;1H,(H,2,3). The lowest BCUT2D eigenvalue weighted by Crippen LogP contribution is -2.46. The highest BCUT2D eigenvalue weighted by molar-refractivity contribution is 5.45. The first-order chi connectivity index (χ1) is 13.0. The number of pyridine rings is 1. The second-order valence-electron chi connectivity index (χ2n) is 7.18. The van der Waals surface area contributed by atoms with Crippen molar-refractivity contribution in [3.63, 3.8) is 0 Å². The van der Waals surface area contributed by atoms with Crippen LogP contribution in [0.3, 0.4) is 0 Å². The Morgan fingerprint density at radius 3 is 2.70 bits per heavy atom. The second-order valence-corrected chi connectivity index (χ2v) is 7.18. The topological polar surface area (TPSA) is 82.5 Å². The molecule has 27 heavy (non-hydrogen) atoms. The summed E-state index contributed by atoms with van der Waals surface area (Å²) in [6.07, 6.45) is 7.66. The van der Waals surface area contributed by atoms with Crippen molar-refractivity contribution in [2.45, 2.75) is 31.1 Å². The van der Waals surface area contributed by atoms with Gasteiger partial charge in [-0.3, -0.25) is 4.79 Å². The molecule has 1 saturated heterocycles. The number of aryl methyl sites for hydroxylation is 1. The molecule has 0 aromatic carbocycles. The first-order valence-electron chi connectivity index (χ1n) is 8.97. The van der Waals surface area contributed by atoms with Crippen LogP contribution in [-0.2, 0) is 16.6 Å². The molecule has 1 N–H and O–H groups in total. The molecule has 1 fully saturated rings. The summed E-state index contributed by atoms with van der Waals surface area (Å²) in [7, 11) is 3.94. The predicted octanol–water partition coefficient (Wildman–Crippen LogP) is 2.26. The van der Waals surface area contributed by atoms with Gasteiger partial charge in [-0.2, -0.15) is 0 Å². The molecule has 1 atom stereocenters. The molecule has 8 heteroatoms. The number of carboxylic acid groups (broad SMARTS) is 1. The number of fused-ring (bicyclic) bond motifs is 2. The van der Waals surface area contributed by atoms with E-state index in [9.17, 15) is 4.39 Å². The van der Waals surface area contributed by atoms with Gasteiger partial charge in [0.2, 0.25) is 5.95 Å². The Hall–Kier alpha value is -2.77. The smallest absolute Gasteiger partial charge is 0.290 e. The van der Waals surface area contributed by atoms with Gasteiger partial charge in [-0.15, -0.1) is 0 Å². The van der Waals surface area contributed by atoms with Crippen LogP contribution in [0.1, 0.15) is 30.5 Å². The molecule has 1 spiro atoms. The average molecular weight is 373 g/mol. The number of hydrogen-bond donors (Lipinski definition) is 1. The minimum atomic E-state index is -0.292. The molecule has 144 valence electrons. The highest BCUT2D eigenvalue weighted by atomic mass is 19.1. The van der Waals surface area contributed by atoms with Crippen LogP contribution >= 0.6 is 0 Å². The van der Waals surface area contributed by atoms with E-state index in [4.69, 9.17) is 14.9 Å². The van der Waals surface area contributed by atoms with Crippen molar-refractivity contribution >= 4 is 18.2 Å². The van der Waals surface area contributed by atoms with Gasteiger partial charge in [0.15, 0.2) is 0 Å². The van der Waals surface area contributed by atoms with Crippen LogP contribution in [0, 0.1) is 5.82 Å². The van der Waals surface area contributed by atoms with Crippen molar-refractivity contribution in [3.05, 3.63) is 41.6 Å². The van der Waals surface area contributed by atoms with Crippen LogP contribution in [-0.4, -0.2) is 53.7 Å². The lowest BCUT2D eigenvalue weighted by Gasteiger charge is -2.41. The summed E-state index contributed by atoms with van der Waals surface area (Å²) >= 11 is 0. The summed E-state index contributed by atoms with van der Waals surface area (Å²) in [5, 5.41) is 6.89. The average Bonchev–Trinajstić information content (AvgIpc) is 3.00. The number of rotatable bonds is 2. The third kappa shape index (κ3) is 3.84. The fourth-order valence-corrected chi connectivity index (χ4v) is 4.03. The third-order valence-electron chi connectivity index (χ3n) is 5.24. The molecule has 2 aliphatic rings. The third-order valence-corrected chi connectivity index (χ3v) is 5.24. The lowest BCUT2D eigenvalue weighted by atomic mass is 9.77. The predicted molar refractivity (Wildman–Crippen MR) is 101 cm³/mol. The Balaban J connectivity index is 0.000000659. The van der Waals surface area contributed by atoms with Crippen LogP contribution < -0.4 is 9.80 Å². The van der Waals surface area contributed by atoms with Crippen molar-refractivity contribution < 1.29 is 14.3 Å². The molecule has 2 aromatic heterocycles. The molecule has 7 nitrogen and oxygen atoms in total. The summed E-state index contributed by atoms with van der Waals surface area (Å²) in [5.74, 6) is 1.33.